The molecule has 1 aromatic rings. The first-order chi connectivity index (χ1) is 6.13. The molecule has 1 aromatic heterocycles. The Bertz CT molecular complexity index is 330. The number of carboxylic acids is 1. The Labute approximate surface area is 79.3 Å². The minimum Gasteiger partial charge on any atom is -0.481 e. The average Bonchev–Trinajstić information content (AvgIpc) is 2.08. The van der Waals surface area contributed by atoms with Crippen LogP contribution in [0, 0.1) is 0 Å². The molecule has 13 heavy (non-hydrogen) atoms. The van der Waals surface area contributed by atoms with Crippen molar-refractivity contribution in [3.63, 3.8) is 0 Å². The minimum absolute atomic E-state index is 0.112. The maximum Gasteiger partial charge on any atom is 0.316 e. The van der Waals surface area contributed by atoms with Gasteiger partial charge in [0.1, 0.15) is 0 Å². The van der Waals surface area contributed by atoms with E-state index in [-0.39, 0.29) is 23.1 Å². The van der Waals surface area contributed by atoms with Crippen LogP contribution in [-0.2, 0) is 11.2 Å². The molecule has 0 fully saturated rings. The van der Waals surface area contributed by atoms with Crippen LogP contribution in [0.25, 0.3) is 0 Å². The standard InChI is InChI=1S/C7H7ClN2O3/c1-13-7-9-3-4(8)5(10-7)2-6(11)12/h3H,2H2,1H3,(H,11,12). The van der Waals surface area contributed by atoms with Crippen LogP contribution < -0.4 is 4.74 Å². The highest BCUT2D eigenvalue weighted by molar-refractivity contribution is 6.31. The van der Waals surface area contributed by atoms with Crippen LogP contribution in [-0.4, -0.2) is 28.2 Å². The predicted octanol–water partition coefficient (Wildman–Crippen LogP) is 0.766. The topological polar surface area (TPSA) is 72.3 Å². The van der Waals surface area contributed by atoms with Crippen LogP contribution in [0.15, 0.2) is 6.20 Å². The molecule has 0 saturated heterocycles. The van der Waals surface area contributed by atoms with Crippen molar-refractivity contribution in [1.29, 1.82) is 0 Å². The van der Waals surface area contributed by atoms with Gasteiger partial charge in [0.2, 0.25) is 0 Å². The molecule has 0 radical (unpaired) electrons. The third-order valence-corrected chi connectivity index (χ3v) is 1.61. The number of rotatable bonds is 3. The normalized spacial score (nSPS) is 9.69. The van der Waals surface area contributed by atoms with E-state index in [9.17, 15) is 4.79 Å². The molecule has 0 spiro atoms. The fraction of sp³-hybridized carbons (Fsp3) is 0.286. The fourth-order valence-corrected chi connectivity index (χ4v) is 0.908. The first-order valence-corrected chi connectivity index (χ1v) is 3.78. The summed E-state index contributed by atoms with van der Waals surface area (Å²) in [5, 5.41) is 8.72. The molecule has 6 heteroatoms. The van der Waals surface area contributed by atoms with E-state index in [0.717, 1.165) is 0 Å². The lowest BCUT2D eigenvalue weighted by molar-refractivity contribution is -0.136. The third kappa shape index (κ3) is 2.55. The molecular weight excluding hydrogens is 196 g/mol. The molecule has 0 aromatic carbocycles. The predicted molar refractivity (Wildman–Crippen MR) is 44.9 cm³/mol. The number of halogens is 1. The van der Waals surface area contributed by atoms with E-state index in [2.05, 4.69) is 9.97 Å². The van der Waals surface area contributed by atoms with Gasteiger partial charge in [-0.15, -0.1) is 0 Å². The summed E-state index contributed by atoms with van der Waals surface area (Å²) >= 11 is 5.65. The Kier molecular flexibility index (Phi) is 3.02. The van der Waals surface area contributed by atoms with Gasteiger partial charge >= 0.3 is 12.0 Å². The summed E-state index contributed by atoms with van der Waals surface area (Å²) in [6, 6.07) is 0.112. The van der Waals surface area contributed by atoms with E-state index in [0.29, 0.717) is 0 Å². The number of aromatic nitrogens is 2. The van der Waals surface area contributed by atoms with Gasteiger partial charge in [0.25, 0.3) is 0 Å². The van der Waals surface area contributed by atoms with Gasteiger partial charge in [-0.1, -0.05) is 11.6 Å². The van der Waals surface area contributed by atoms with Gasteiger partial charge in [-0.25, -0.2) is 4.98 Å². The summed E-state index contributed by atoms with van der Waals surface area (Å²) in [7, 11) is 1.40. The summed E-state index contributed by atoms with van der Waals surface area (Å²) in [6.45, 7) is 0. The zero-order valence-electron chi connectivity index (χ0n) is 6.82. The molecule has 0 aliphatic carbocycles. The molecule has 1 rings (SSSR count). The zero-order valence-corrected chi connectivity index (χ0v) is 7.58. The number of nitrogens with zero attached hydrogens (tertiary/aromatic N) is 2. The number of hydrogen-bond donors (Lipinski definition) is 1. The number of methoxy groups -OCH3 is 1. The van der Waals surface area contributed by atoms with E-state index in [4.69, 9.17) is 21.4 Å². The lowest BCUT2D eigenvalue weighted by Gasteiger charge is -2.01. The van der Waals surface area contributed by atoms with Gasteiger partial charge < -0.3 is 9.84 Å². The molecule has 0 aliphatic rings. The summed E-state index contributed by atoms with van der Waals surface area (Å²) in [5.74, 6) is -0.998. The number of carbonyl (C=O) groups is 1. The van der Waals surface area contributed by atoms with E-state index >= 15 is 0 Å². The smallest absolute Gasteiger partial charge is 0.316 e. The Hall–Kier alpha value is -1.36. The number of hydrogen-bond acceptors (Lipinski definition) is 4. The molecule has 0 atom stereocenters. The zero-order chi connectivity index (χ0) is 9.84. The first kappa shape index (κ1) is 9.73. The molecule has 0 aliphatic heterocycles. The molecule has 0 unspecified atom stereocenters. The number of carboxylic acid groups (broad SMARTS) is 1. The monoisotopic (exact) mass is 202 g/mol. The van der Waals surface area contributed by atoms with Gasteiger partial charge in [-0.05, 0) is 0 Å². The van der Waals surface area contributed by atoms with Crippen molar-refractivity contribution < 1.29 is 14.6 Å². The van der Waals surface area contributed by atoms with Crippen LogP contribution in [0.2, 0.25) is 5.02 Å². The number of ether oxygens (including phenoxy) is 1. The van der Waals surface area contributed by atoms with Crippen LogP contribution in [0.1, 0.15) is 5.69 Å². The molecule has 1 N–H and O–H groups in total. The maximum absolute atomic E-state index is 10.4. The summed E-state index contributed by atoms with van der Waals surface area (Å²) in [4.78, 5) is 17.9. The highest BCUT2D eigenvalue weighted by Gasteiger charge is 2.09. The van der Waals surface area contributed by atoms with Gasteiger partial charge in [0.05, 0.1) is 30.4 Å². The van der Waals surface area contributed by atoms with Crippen molar-refractivity contribution in [1.82, 2.24) is 9.97 Å². The van der Waals surface area contributed by atoms with Crippen molar-refractivity contribution in [2.45, 2.75) is 6.42 Å². The lowest BCUT2D eigenvalue weighted by Crippen LogP contribution is -2.05. The second-order valence-corrected chi connectivity index (χ2v) is 2.63. The molecule has 70 valence electrons. The largest absolute Gasteiger partial charge is 0.481 e. The van der Waals surface area contributed by atoms with Crippen molar-refractivity contribution in [3.05, 3.63) is 16.9 Å². The van der Waals surface area contributed by atoms with Gasteiger partial charge in [0, 0.05) is 0 Å². The molecule has 5 nitrogen and oxygen atoms in total. The second-order valence-electron chi connectivity index (χ2n) is 2.22. The highest BCUT2D eigenvalue weighted by atomic mass is 35.5. The van der Waals surface area contributed by atoms with Gasteiger partial charge in [-0.2, -0.15) is 4.98 Å². The summed E-state index contributed by atoms with van der Waals surface area (Å²) in [5.41, 5.74) is 0.251. The fourth-order valence-electron chi connectivity index (χ4n) is 0.750. The van der Waals surface area contributed by atoms with E-state index in [1.807, 2.05) is 0 Å². The maximum atomic E-state index is 10.4. The van der Waals surface area contributed by atoms with Gasteiger partial charge in [0.15, 0.2) is 0 Å². The van der Waals surface area contributed by atoms with Crippen LogP contribution >= 0.6 is 11.6 Å². The van der Waals surface area contributed by atoms with Crippen LogP contribution in [0.5, 0.6) is 6.01 Å². The Balaban J connectivity index is 2.96. The lowest BCUT2D eigenvalue weighted by atomic mass is 10.3. The van der Waals surface area contributed by atoms with Crippen LogP contribution in [0.3, 0.4) is 0 Å². The SMILES string of the molecule is COc1ncc(Cl)c(CC(=O)O)n1. The van der Waals surface area contributed by atoms with Crippen molar-refractivity contribution in [2.75, 3.05) is 7.11 Å². The van der Waals surface area contributed by atoms with Crippen molar-refractivity contribution in [2.24, 2.45) is 0 Å². The highest BCUT2D eigenvalue weighted by Crippen LogP contribution is 2.15. The molecular formula is C7H7ClN2O3. The van der Waals surface area contributed by atoms with E-state index in [1.54, 1.807) is 0 Å². The third-order valence-electron chi connectivity index (χ3n) is 1.30. The average molecular weight is 203 g/mol. The Morgan fingerprint density at radius 2 is 2.46 bits per heavy atom. The molecule has 0 saturated carbocycles. The van der Waals surface area contributed by atoms with Crippen molar-refractivity contribution >= 4 is 17.6 Å². The molecule has 0 amide bonds. The van der Waals surface area contributed by atoms with E-state index in [1.165, 1.54) is 13.3 Å². The number of aliphatic carboxylic acids is 1. The first-order valence-electron chi connectivity index (χ1n) is 3.40. The Morgan fingerprint density at radius 1 is 1.77 bits per heavy atom. The second kappa shape index (κ2) is 4.04. The quantitative estimate of drug-likeness (QED) is 0.784. The minimum atomic E-state index is -0.998. The van der Waals surface area contributed by atoms with Gasteiger partial charge in [-0.3, -0.25) is 4.79 Å². The molecule has 0 bridgehead atoms. The van der Waals surface area contributed by atoms with Crippen LogP contribution in [0.4, 0.5) is 0 Å². The van der Waals surface area contributed by atoms with E-state index < -0.39 is 5.97 Å². The van der Waals surface area contributed by atoms with Crippen molar-refractivity contribution in [3.8, 4) is 6.01 Å². The summed E-state index contributed by atoms with van der Waals surface area (Å²) in [6.07, 6.45) is 1.07. The Morgan fingerprint density at radius 3 is 3.00 bits per heavy atom. The summed E-state index contributed by atoms with van der Waals surface area (Å²) < 4.78 is 4.72. The molecule has 1 heterocycles.